The fraction of sp³-hybridized carbons (Fsp3) is 0.353. The van der Waals surface area contributed by atoms with Crippen LogP contribution in [0.5, 0.6) is 0 Å². The second-order valence-electron chi connectivity index (χ2n) is 6.07. The maximum Gasteiger partial charge on any atom is 0.277 e. The van der Waals surface area contributed by atoms with Gasteiger partial charge in [0, 0.05) is 15.3 Å². The number of rotatable bonds is 5. The molecule has 0 aliphatic carbocycles. The van der Waals surface area contributed by atoms with Gasteiger partial charge >= 0.3 is 0 Å². The minimum Gasteiger partial charge on any atom is -0.346 e. The van der Waals surface area contributed by atoms with Crippen molar-refractivity contribution in [2.45, 2.75) is 26.7 Å². The van der Waals surface area contributed by atoms with Gasteiger partial charge in [-0.25, -0.2) is 13.8 Å². The van der Waals surface area contributed by atoms with Gasteiger partial charge in [-0.1, -0.05) is 5.16 Å². The van der Waals surface area contributed by atoms with E-state index in [4.69, 9.17) is 10.3 Å². The quantitative estimate of drug-likeness (QED) is 0.709. The van der Waals surface area contributed by atoms with E-state index in [9.17, 15) is 13.6 Å². The monoisotopic (exact) mass is 380 g/mol. The van der Waals surface area contributed by atoms with Crippen LogP contribution in [0.1, 0.15) is 25.8 Å². The van der Waals surface area contributed by atoms with E-state index in [0.29, 0.717) is 16.8 Å². The van der Waals surface area contributed by atoms with Crippen LogP contribution in [0.2, 0.25) is 0 Å². The van der Waals surface area contributed by atoms with Gasteiger partial charge in [0.1, 0.15) is 0 Å². The molecule has 0 saturated carbocycles. The zero-order valence-corrected chi connectivity index (χ0v) is 15.3. The number of pyridine rings is 1. The summed E-state index contributed by atoms with van der Waals surface area (Å²) >= 11 is 1.61. The Balaban J connectivity index is 2.07. The van der Waals surface area contributed by atoms with Gasteiger partial charge in [-0.2, -0.15) is 0 Å². The molecule has 6 nitrogen and oxygen atoms in total. The van der Waals surface area contributed by atoms with Crippen LogP contribution in [-0.2, 0) is 0 Å². The van der Waals surface area contributed by atoms with Crippen molar-refractivity contribution in [2.24, 2.45) is 5.73 Å². The Hall–Kier alpha value is -2.39. The lowest BCUT2D eigenvalue weighted by atomic mass is 10.1. The molecule has 0 aromatic carbocycles. The molecule has 0 aliphatic heterocycles. The third kappa shape index (κ3) is 3.45. The largest absolute Gasteiger partial charge is 0.346 e. The van der Waals surface area contributed by atoms with Gasteiger partial charge in [-0.3, -0.25) is 4.79 Å². The van der Waals surface area contributed by atoms with E-state index in [0.717, 1.165) is 15.3 Å². The zero-order valence-electron chi connectivity index (χ0n) is 14.5. The Morgan fingerprint density at radius 3 is 2.69 bits per heavy atom. The van der Waals surface area contributed by atoms with Gasteiger partial charge in [0.15, 0.2) is 0 Å². The smallest absolute Gasteiger partial charge is 0.277 e. The molecule has 0 unspecified atom stereocenters. The highest BCUT2D eigenvalue weighted by molar-refractivity contribution is 7.12. The standard InChI is InChI=1S/C17H18F2N4O2S/c1-8-4-11(10(3)26-8)13-5-12(14-9(2)23-25-16(14)22-13)15(24)21-7-17(18,19)6-20/h4-5H,6-7,20H2,1-3H3,(H,21,24). The molecule has 9 heteroatoms. The molecule has 0 radical (unpaired) electrons. The highest BCUT2D eigenvalue weighted by Gasteiger charge is 2.28. The highest BCUT2D eigenvalue weighted by atomic mass is 32.1. The lowest BCUT2D eigenvalue weighted by molar-refractivity contribution is 0.0119. The zero-order chi connectivity index (χ0) is 19.1. The lowest BCUT2D eigenvalue weighted by Gasteiger charge is -2.15. The van der Waals surface area contributed by atoms with E-state index < -0.39 is 24.9 Å². The van der Waals surface area contributed by atoms with Crippen LogP contribution in [-0.4, -0.2) is 35.1 Å². The van der Waals surface area contributed by atoms with E-state index in [-0.39, 0.29) is 11.3 Å². The summed E-state index contributed by atoms with van der Waals surface area (Å²) < 4.78 is 32.0. The molecule has 0 fully saturated rings. The fourth-order valence-electron chi connectivity index (χ4n) is 2.67. The number of alkyl halides is 2. The molecular weight excluding hydrogens is 362 g/mol. The minimum absolute atomic E-state index is 0.194. The topological polar surface area (TPSA) is 94.0 Å². The first-order valence-electron chi connectivity index (χ1n) is 7.92. The average molecular weight is 380 g/mol. The Morgan fingerprint density at radius 2 is 2.08 bits per heavy atom. The molecule has 0 saturated heterocycles. The molecule has 3 heterocycles. The number of carbonyl (C=O) groups is 1. The molecule has 3 aromatic rings. The van der Waals surface area contributed by atoms with Crippen molar-refractivity contribution in [3.05, 3.63) is 33.1 Å². The third-order valence-electron chi connectivity index (χ3n) is 3.98. The number of amides is 1. The highest BCUT2D eigenvalue weighted by Crippen LogP contribution is 2.32. The number of fused-ring (bicyclic) bond motifs is 1. The molecule has 0 aliphatic rings. The second-order valence-corrected chi connectivity index (χ2v) is 7.53. The Kier molecular flexibility index (Phi) is 4.76. The van der Waals surface area contributed by atoms with Crippen LogP contribution in [0.3, 0.4) is 0 Å². The summed E-state index contributed by atoms with van der Waals surface area (Å²) in [5.41, 5.74) is 7.27. The number of hydrogen-bond acceptors (Lipinski definition) is 6. The third-order valence-corrected chi connectivity index (χ3v) is 4.95. The lowest BCUT2D eigenvalue weighted by Crippen LogP contribution is -2.41. The summed E-state index contributed by atoms with van der Waals surface area (Å²) in [5, 5.41) is 6.49. The number of thiophene rings is 1. The van der Waals surface area contributed by atoms with E-state index in [1.807, 2.05) is 19.9 Å². The first-order valence-corrected chi connectivity index (χ1v) is 8.74. The van der Waals surface area contributed by atoms with Gasteiger partial charge in [0.25, 0.3) is 17.5 Å². The van der Waals surface area contributed by atoms with Gasteiger partial charge in [0.05, 0.1) is 35.4 Å². The van der Waals surface area contributed by atoms with Crippen LogP contribution in [0.25, 0.3) is 22.4 Å². The van der Waals surface area contributed by atoms with Crippen LogP contribution in [0.4, 0.5) is 8.78 Å². The predicted octanol–water partition coefficient (Wildman–Crippen LogP) is 3.20. The van der Waals surface area contributed by atoms with Crippen molar-refractivity contribution in [1.82, 2.24) is 15.5 Å². The molecule has 3 N–H and O–H groups in total. The van der Waals surface area contributed by atoms with Crippen LogP contribution < -0.4 is 11.1 Å². The van der Waals surface area contributed by atoms with Crippen LogP contribution in [0, 0.1) is 20.8 Å². The van der Waals surface area contributed by atoms with Gasteiger partial charge in [0.2, 0.25) is 0 Å². The summed E-state index contributed by atoms with van der Waals surface area (Å²) in [6, 6.07) is 3.54. The number of nitrogens with one attached hydrogen (secondary N) is 1. The maximum atomic E-state index is 13.4. The SMILES string of the molecule is Cc1cc(-c2cc(C(=O)NCC(F)(F)CN)c3c(C)noc3n2)c(C)s1. The number of hydrogen-bond donors (Lipinski definition) is 2. The molecule has 3 aromatic heterocycles. The first kappa shape index (κ1) is 18.4. The van der Waals surface area contributed by atoms with E-state index in [1.54, 1.807) is 24.3 Å². The number of aromatic nitrogens is 2. The summed E-state index contributed by atoms with van der Waals surface area (Å²) in [6.45, 7) is 3.90. The predicted molar refractivity (Wildman–Crippen MR) is 95.7 cm³/mol. The van der Waals surface area contributed by atoms with Crippen molar-refractivity contribution in [3.8, 4) is 11.3 Å². The van der Waals surface area contributed by atoms with E-state index in [1.165, 1.54) is 0 Å². The Labute approximate surface area is 152 Å². The molecule has 26 heavy (non-hydrogen) atoms. The second kappa shape index (κ2) is 6.73. The van der Waals surface area contributed by atoms with Crippen molar-refractivity contribution in [1.29, 1.82) is 0 Å². The summed E-state index contributed by atoms with van der Waals surface area (Å²) in [7, 11) is 0. The summed E-state index contributed by atoms with van der Waals surface area (Å²) in [6.07, 6.45) is 0. The van der Waals surface area contributed by atoms with Gasteiger partial charge < -0.3 is 15.6 Å². The summed E-state index contributed by atoms with van der Waals surface area (Å²) in [4.78, 5) is 19.1. The molecule has 0 atom stereocenters. The fourth-order valence-corrected chi connectivity index (χ4v) is 3.61. The normalized spacial score (nSPS) is 11.9. The first-order chi connectivity index (χ1) is 12.2. The average Bonchev–Trinajstić information content (AvgIpc) is 3.14. The number of nitrogens with two attached hydrogens (primary N) is 1. The Bertz CT molecular complexity index is 981. The number of halogens is 2. The van der Waals surface area contributed by atoms with Gasteiger partial charge in [-0.05, 0) is 32.9 Å². The molecular formula is C17H18F2N4O2S. The maximum absolute atomic E-state index is 13.4. The van der Waals surface area contributed by atoms with Gasteiger partial charge in [-0.15, -0.1) is 11.3 Å². The molecule has 0 spiro atoms. The van der Waals surface area contributed by atoms with Crippen molar-refractivity contribution in [3.63, 3.8) is 0 Å². The molecule has 1 amide bonds. The van der Waals surface area contributed by atoms with Crippen molar-refractivity contribution in [2.75, 3.05) is 13.1 Å². The minimum atomic E-state index is -3.17. The number of carbonyl (C=O) groups excluding carboxylic acids is 1. The van der Waals surface area contributed by atoms with Crippen LogP contribution in [0.15, 0.2) is 16.7 Å². The van der Waals surface area contributed by atoms with Crippen LogP contribution >= 0.6 is 11.3 Å². The number of nitrogens with zero attached hydrogens (tertiary/aromatic N) is 2. The van der Waals surface area contributed by atoms with Crippen molar-refractivity contribution < 1.29 is 18.1 Å². The number of aryl methyl sites for hydroxylation is 3. The van der Waals surface area contributed by atoms with E-state index in [2.05, 4.69) is 15.5 Å². The van der Waals surface area contributed by atoms with Crippen molar-refractivity contribution >= 4 is 28.3 Å². The molecule has 138 valence electrons. The molecule has 3 rings (SSSR count). The molecule has 0 bridgehead atoms. The Morgan fingerprint density at radius 1 is 1.35 bits per heavy atom. The summed E-state index contributed by atoms with van der Waals surface area (Å²) in [5.74, 6) is -3.82. The van der Waals surface area contributed by atoms with E-state index >= 15 is 0 Å².